The van der Waals surface area contributed by atoms with Crippen molar-refractivity contribution in [3.63, 3.8) is 0 Å². The Kier molecular flexibility index (Phi) is 4.40. The van der Waals surface area contributed by atoms with E-state index in [2.05, 4.69) is 6.92 Å². The molecular weight excluding hydrogens is 353 g/mol. The summed E-state index contributed by atoms with van der Waals surface area (Å²) in [6.07, 6.45) is -4.76. The Morgan fingerprint density at radius 2 is 1.81 bits per heavy atom. The van der Waals surface area contributed by atoms with Crippen molar-refractivity contribution < 1.29 is 37.2 Å². The third-order valence-corrected chi connectivity index (χ3v) is 6.90. The molecule has 4 heterocycles. The van der Waals surface area contributed by atoms with E-state index >= 15 is 0 Å². The van der Waals surface area contributed by atoms with E-state index in [1.807, 2.05) is 6.92 Å². The Bertz CT molecular complexity index is 557. The van der Waals surface area contributed by atoms with Crippen LogP contribution in [0.5, 0.6) is 0 Å². The summed E-state index contributed by atoms with van der Waals surface area (Å²) in [7, 11) is 0. The van der Waals surface area contributed by atoms with Crippen molar-refractivity contribution in [2.45, 2.75) is 89.6 Å². The highest BCUT2D eigenvalue weighted by Crippen LogP contribution is 2.60. The lowest BCUT2D eigenvalue weighted by Crippen LogP contribution is -2.70. The number of alkyl halides is 3. The van der Waals surface area contributed by atoms with E-state index in [0.29, 0.717) is 12.3 Å². The molecule has 1 aliphatic carbocycles. The Morgan fingerprint density at radius 1 is 1.08 bits per heavy atom. The van der Waals surface area contributed by atoms with E-state index in [1.165, 1.54) is 0 Å². The maximum absolute atomic E-state index is 13.0. The van der Waals surface area contributed by atoms with Crippen LogP contribution in [0.25, 0.3) is 0 Å². The molecule has 0 N–H and O–H groups in total. The second-order valence-electron chi connectivity index (χ2n) is 8.59. The van der Waals surface area contributed by atoms with Gasteiger partial charge in [0.05, 0.1) is 0 Å². The molecule has 5 nitrogen and oxygen atoms in total. The van der Waals surface area contributed by atoms with Crippen LogP contribution in [0.3, 0.4) is 0 Å². The maximum Gasteiger partial charge on any atom is 0.414 e. The average Bonchev–Trinajstić information content (AvgIpc) is 2.77. The quantitative estimate of drug-likeness (QED) is 0.673. The van der Waals surface area contributed by atoms with E-state index in [4.69, 9.17) is 24.0 Å². The van der Waals surface area contributed by atoms with Gasteiger partial charge in [-0.25, -0.2) is 9.78 Å². The smallest absolute Gasteiger partial charge is 0.340 e. The number of hydrogen-bond donors (Lipinski definition) is 0. The van der Waals surface area contributed by atoms with Crippen LogP contribution in [0, 0.1) is 23.7 Å². The van der Waals surface area contributed by atoms with Crippen molar-refractivity contribution >= 4 is 0 Å². The minimum atomic E-state index is -4.43. The lowest BCUT2D eigenvalue weighted by molar-refractivity contribution is -0.578. The number of rotatable bonds is 2. The zero-order chi connectivity index (χ0) is 18.9. The summed E-state index contributed by atoms with van der Waals surface area (Å²) in [6, 6.07) is 0. The van der Waals surface area contributed by atoms with Crippen LogP contribution in [0.2, 0.25) is 0 Å². The van der Waals surface area contributed by atoms with Gasteiger partial charge in [-0.3, -0.25) is 0 Å². The van der Waals surface area contributed by atoms with Crippen LogP contribution in [0.15, 0.2) is 0 Å². The molecule has 0 aromatic rings. The fourth-order valence-electron chi connectivity index (χ4n) is 5.31. The monoisotopic (exact) mass is 380 g/mol. The summed E-state index contributed by atoms with van der Waals surface area (Å²) in [5.74, 6) is -0.669. The summed E-state index contributed by atoms with van der Waals surface area (Å²) in [4.78, 5) is 11.6. The third-order valence-electron chi connectivity index (χ3n) is 6.90. The fourth-order valence-corrected chi connectivity index (χ4v) is 5.31. The fraction of sp³-hybridized carbons (Fsp3) is 1.00. The minimum absolute atomic E-state index is 0.0458. The van der Waals surface area contributed by atoms with Crippen LogP contribution >= 0.6 is 0 Å². The molecule has 2 bridgehead atoms. The molecule has 26 heavy (non-hydrogen) atoms. The summed E-state index contributed by atoms with van der Waals surface area (Å²) in [6.45, 7) is 6.86. The minimum Gasteiger partial charge on any atom is -0.340 e. The second kappa shape index (κ2) is 6.04. The van der Waals surface area contributed by atoms with E-state index in [1.54, 1.807) is 6.92 Å². The summed E-state index contributed by atoms with van der Waals surface area (Å²) >= 11 is 0. The zero-order valence-electron chi connectivity index (χ0n) is 15.5. The predicted octanol–water partition coefficient (Wildman–Crippen LogP) is 4.16. The largest absolute Gasteiger partial charge is 0.414 e. The van der Waals surface area contributed by atoms with Gasteiger partial charge in [-0.05, 0) is 44.9 Å². The van der Waals surface area contributed by atoms with Crippen LogP contribution in [-0.4, -0.2) is 36.2 Å². The molecule has 0 aromatic heterocycles. The first-order chi connectivity index (χ1) is 12.1. The lowest BCUT2D eigenvalue weighted by Gasteiger charge is -2.60. The van der Waals surface area contributed by atoms with Gasteiger partial charge >= 0.3 is 6.18 Å². The predicted molar refractivity (Wildman–Crippen MR) is 83.4 cm³/mol. The molecule has 5 fully saturated rings. The molecule has 8 heteroatoms. The Labute approximate surface area is 151 Å². The van der Waals surface area contributed by atoms with Crippen LogP contribution in [-0.2, 0) is 24.0 Å². The molecular formula is C18H27F3O5. The van der Waals surface area contributed by atoms with E-state index in [0.717, 1.165) is 26.2 Å². The molecule has 0 amide bonds. The molecule has 9 atom stereocenters. The number of halogens is 3. The molecule has 1 spiro atoms. The first-order valence-electron chi connectivity index (χ1n) is 9.49. The standard InChI is InChI=1S/C18H27F3O5/c1-9-5-6-13-10(2)14(22-11(3)18(19,20)21)23-15-17(13)12(9)7-8-16(4,24-15)25-26-17/h9-15H,5-8H2,1-4H3/t9-,10-,11?,12+,13+,14+,15-,16-,17-/m1/s1. The third kappa shape index (κ3) is 2.71. The highest BCUT2D eigenvalue weighted by Gasteiger charge is 2.69. The first-order valence-corrected chi connectivity index (χ1v) is 9.49. The van der Waals surface area contributed by atoms with E-state index in [-0.39, 0.29) is 17.8 Å². The van der Waals surface area contributed by atoms with Crippen molar-refractivity contribution in [2.24, 2.45) is 23.7 Å². The SMILES string of the molecule is CC(O[C@H]1O[C@@H]2O[C@@]3(C)CC[C@H]4[C@H](C)CC[C@@H]([C@H]1C)[C@@]24OO3)C(F)(F)F. The highest BCUT2D eigenvalue weighted by atomic mass is 19.4. The van der Waals surface area contributed by atoms with Crippen molar-refractivity contribution in [3.05, 3.63) is 0 Å². The van der Waals surface area contributed by atoms with Gasteiger partial charge in [0.2, 0.25) is 5.79 Å². The average molecular weight is 380 g/mol. The zero-order valence-corrected chi connectivity index (χ0v) is 15.5. The molecule has 0 radical (unpaired) electrons. The summed E-state index contributed by atoms with van der Waals surface area (Å²) < 4.78 is 56.3. The molecule has 4 saturated heterocycles. The summed E-state index contributed by atoms with van der Waals surface area (Å²) in [5.41, 5.74) is -0.783. The normalized spacial score (nSPS) is 52.3. The lowest BCUT2D eigenvalue weighted by atomic mass is 9.58. The van der Waals surface area contributed by atoms with Gasteiger partial charge in [0.25, 0.3) is 0 Å². The van der Waals surface area contributed by atoms with Gasteiger partial charge < -0.3 is 14.2 Å². The molecule has 5 rings (SSSR count). The topological polar surface area (TPSA) is 46.2 Å². The van der Waals surface area contributed by atoms with E-state index < -0.39 is 36.2 Å². The van der Waals surface area contributed by atoms with Gasteiger partial charge in [0, 0.05) is 18.3 Å². The van der Waals surface area contributed by atoms with Crippen molar-refractivity contribution in [1.82, 2.24) is 0 Å². The highest BCUT2D eigenvalue weighted by molar-refractivity contribution is 5.09. The molecule has 1 unspecified atom stereocenters. The Morgan fingerprint density at radius 3 is 2.50 bits per heavy atom. The Balaban J connectivity index is 1.66. The number of hydrogen-bond acceptors (Lipinski definition) is 5. The molecule has 150 valence electrons. The van der Waals surface area contributed by atoms with Crippen molar-refractivity contribution in [3.8, 4) is 0 Å². The van der Waals surface area contributed by atoms with Gasteiger partial charge in [-0.1, -0.05) is 13.8 Å². The van der Waals surface area contributed by atoms with Crippen molar-refractivity contribution in [1.29, 1.82) is 0 Å². The van der Waals surface area contributed by atoms with E-state index in [9.17, 15) is 13.2 Å². The number of fused-ring (bicyclic) bond motifs is 2. The van der Waals surface area contributed by atoms with Crippen LogP contribution in [0.1, 0.15) is 53.4 Å². The molecule has 5 aliphatic rings. The van der Waals surface area contributed by atoms with Gasteiger partial charge in [0.1, 0.15) is 0 Å². The summed E-state index contributed by atoms with van der Waals surface area (Å²) in [5, 5.41) is 0. The maximum atomic E-state index is 13.0. The van der Waals surface area contributed by atoms with Gasteiger partial charge in [-0.15, -0.1) is 0 Å². The first kappa shape index (κ1) is 18.9. The van der Waals surface area contributed by atoms with Gasteiger partial charge in [-0.2, -0.15) is 13.2 Å². The van der Waals surface area contributed by atoms with Crippen molar-refractivity contribution in [2.75, 3.05) is 0 Å². The van der Waals surface area contributed by atoms with Crippen LogP contribution in [0.4, 0.5) is 13.2 Å². The Hall–Kier alpha value is -0.410. The molecule has 4 aliphatic heterocycles. The molecule has 0 aromatic carbocycles. The molecule has 1 saturated carbocycles. The van der Waals surface area contributed by atoms with Crippen LogP contribution < -0.4 is 0 Å². The number of ether oxygens (including phenoxy) is 3. The second-order valence-corrected chi connectivity index (χ2v) is 8.59. The van der Waals surface area contributed by atoms with Gasteiger partial charge in [0.15, 0.2) is 24.3 Å².